The van der Waals surface area contributed by atoms with Crippen LogP contribution in [0, 0.1) is 11.7 Å². The van der Waals surface area contributed by atoms with Crippen molar-refractivity contribution in [3.63, 3.8) is 0 Å². The Kier molecular flexibility index (Phi) is 8.92. The van der Waals surface area contributed by atoms with Gasteiger partial charge in [0.2, 0.25) is 11.8 Å². The highest BCUT2D eigenvalue weighted by molar-refractivity contribution is 5.91. The van der Waals surface area contributed by atoms with Gasteiger partial charge < -0.3 is 21.3 Å². The van der Waals surface area contributed by atoms with Crippen molar-refractivity contribution < 1.29 is 14.0 Å². The van der Waals surface area contributed by atoms with E-state index in [9.17, 15) is 14.0 Å². The smallest absolute Gasteiger partial charge is 0.249 e. The zero-order chi connectivity index (χ0) is 28.0. The topological polar surface area (TPSA) is 87.5 Å². The first-order valence-corrected chi connectivity index (χ1v) is 14.4. The second kappa shape index (κ2) is 12.7. The van der Waals surface area contributed by atoms with Gasteiger partial charge in [-0.25, -0.2) is 4.39 Å². The molecule has 0 spiro atoms. The standard InChI is InChI=1S/C33H39FN4O2/c34-30-15-14-28(37-31(39)22-24-12-13-24)23-29(30)25-16-20-38(21-17-25)19-7-18-36-32(40)33(35,26-8-3-1-4-9-26)27-10-5-2-6-11-27/h1-6,8-11,14-15,23-25H,7,12-13,16-22,35H2,(H,36,40)(H,37,39). The number of carbonyl (C=O) groups excluding carboxylic acids is 2. The van der Waals surface area contributed by atoms with Crippen molar-refractivity contribution >= 4 is 17.5 Å². The fourth-order valence-corrected chi connectivity index (χ4v) is 5.67. The Morgan fingerprint density at radius 3 is 2.12 bits per heavy atom. The van der Waals surface area contributed by atoms with Crippen LogP contribution >= 0.6 is 0 Å². The number of nitrogens with one attached hydrogen (secondary N) is 2. The van der Waals surface area contributed by atoms with Gasteiger partial charge in [0.15, 0.2) is 0 Å². The molecule has 2 aliphatic rings. The molecule has 1 saturated heterocycles. The summed E-state index contributed by atoms with van der Waals surface area (Å²) in [5.74, 6) is 0.238. The first kappa shape index (κ1) is 28.0. The van der Waals surface area contributed by atoms with Crippen molar-refractivity contribution in [3.8, 4) is 0 Å². The summed E-state index contributed by atoms with van der Waals surface area (Å²) >= 11 is 0. The van der Waals surface area contributed by atoms with Gasteiger partial charge in [0, 0.05) is 18.7 Å². The van der Waals surface area contributed by atoms with Gasteiger partial charge in [-0.2, -0.15) is 0 Å². The van der Waals surface area contributed by atoms with E-state index in [2.05, 4.69) is 15.5 Å². The predicted molar refractivity (Wildman–Crippen MR) is 156 cm³/mol. The lowest BCUT2D eigenvalue weighted by Gasteiger charge is -2.33. The van der Waals surface area contributed by atoms with Crippen LogP contribution in [0.15, 0.2) is 78.9 Å². The number of nitrogens with two attached hydrogens (primary N) is 1. The molecule has 2 fully saturated rings. The van der Waals surface area contributed by atoms with Gasteiger partial charge >= 0.3 is 0 Å². The Balaban J connectivity index is 1.10. The molecule has 0 radical (unpaired) electrons. The first-order valence-electron chi connectivity index (χ1n) is 14.4. The number of carbonyl (C=O) groups is 2. The number of amides is 2. The minimum atomic E-state index is -1.27. The van der Waals surface area contributed by atoms with E-state index in [1.54, 1.807) is 6.07 Å². The molecule has 5 rings (SSSR count). The van der Waals surface area contributed by atoms with Crippen LogP contribution in [-0.4, -0.2) is 42.9 Å². The molecule has 0 aromatic heterocycles. The SMILES string of the molecule is NC(C(=O)NCCCN1CCC(c2cc(NC(=O)CC3CC3)ccc2F)CC1)(c1ccccc1)c1ccccc1. The molecule has 7 heteroatoms. The molecule has 0 atom stereocenters. The Bertz CT molecular complexity index is 1250. The molecule has 1 heterocycles. The van der Waals surface area contributed by atoms with Crippen LogP contribution in [0.2, 0.25) is 0 Å². The summed E-state index contributed by atoms with van der Waals surface area (Å²) in [6, 6.07) is 23.9. The lowest BCUT2D eigenvalue weighted by atomic mass is 9.83. The van der Waals surface area contributed by atoms with Gasteiger partial charge in [0.05, 0.1) is 0 Å². The molecule has 4 N–H and O–H groups in total. The summed E-state index contributed by atoms with van der Waals surface area (Å²) in [6.07, 6.45) is 5.32. The van der Waals surface area contributed by atoms with Crippen molar-refractivity contribution in [1.29, 1.82) is 0 Å². The number of anilines is 1. The number of nitrogens with zero attached hydrogens (tertiary/aromatic N) is 1. The first-order chi connectivity index (χ1) is 19.4. The van der Waals surface area contributed by atoms with Crippen molar-refractivity contribution in [1.82, 2.24) is 10.2 Å². The monoisotopic (exact) mass is 542 g/mol. The number of likely N-dealkylation sites (tertiary alicyclic amines) is 1. The number of benzene rings is 3. The largest absolute Gasteiger partial charge is 0.354 e. The highest BCUT2D eigenvalue weighted by atomic mass is 19.1. The molecule has 210 valence electrons. The molecular weight excluding hydrogens is 503 g/mol. The maximum atomic E-state index is 14.7. The summed E-state index contributed by atoms with van der Waals surface area (Å²) in [5, 5.41) is 6.01. The minimum Gasteiger partial charge on any atom is -0.354 e. The minimum absolute atomic E-state index is 0.0152. The van der Waals surface area contributed by atoms with E-state index >= 15 is 0 Å². The second-order valence-electron chi connectivity index (χ2n) is 11.2. The molecule has 1 aliphatic heterocycles. The molecule has 0 bridgehead atoms. The number of halogens is 1. The zero-order valence-corrected chi connectivity index (χ0v) is 23.0. The maximum Gasteiger partial charge on any atom is 0.249 e. The van der Waals surface area contributed by atoms with E-state index in [0.717, 1.165) is 62.9 Å². The number of hydrogen-bond acceptors (Lipinski definition) is 4. The number of rotatable bonds is 11. The molecule has 3 aromatic carbocycles. The third-order valence-electron chi connectivity index (χ3n) is 8.23. The second-order valence-corrected chi connectivity index (χ2v) is 11.2. The lowest BCUT2D eigenvalue weighted by molar-refractivity contribution is -0.125. The Labute approximate surface area is 236 Å². The molecular formula is C33H39FN4O2. The van der Waals surface area contributed by atoms with Gasteiger partial charge in [-0.05, 0) is 98.5 Å². The van der Waals surface area contributed by atoms with Crippen LogP contribution in [0.3, 0.4) is 0 Å². The van der Waals surface area contributed by atoms with E-state index in [1.165, 1.54) is 6.07 Å². The molecule has 3 aromatic rings. The third-order valence-corrected chi connectivity index (χ3v) is 8.23. The van der Waals surface area contributed by atoms with E-state index < -0.39 is 5.54 Å². The fraction of sp³-hybridized carbons (Fsp3) is 0.394. The summed E-state index contributed by atoms with van der Waals surface area (Å²) in [5.41, 5.74) is 8.38. The van der Waals surface area contributed by atoms with Crippen LogP contribution in [0.5, 0.6) is 0 Å². The molecule has 40 heavy (non-hydrogen) atoms. The highest BCUT2D eigenvalue weighted by Gasteiger charge is 2.37. The fourth-order valence-electron chi connectivity index (χ4n) is 5.67. The van der Waals surface area contributed by atoms with E-state index in [-0.39, 0.29) is 23.5 Å². The van der Waals surface area contributed by atoms with Crippen LogP contribution in [0.4, 0.5) is 10.1 Å². The van der Waals surface area contributed by atoms with Crippen LogP contribution in [0.25, 0.3) is 0 Å². The summed E-state index contributed by atoms with van der Waals surface area (Å²) in [6.45, 7) is 3.10. The molecule has 2 amide bonds. The Morgan fingerprint density at radius 2 is 1.52 bits per heavy atom. The number of piperidine rings is 1. The van der Waals surface area contributed by atoms with Gasteiger partial charge in [0.25, 0.3) is 0 Å². The highest BCUT2D eigenvalue weighted by Crippen LogP contribution is 2.34. The quantitative estimate of drug-likeness (QED) is 0.293. The summed E-state index contributed by atoms with van der Waals surface area (Å²) in [4.78, 5) is 28.0. The number of hydrogen-bond donors (Lipinski definition) is 3. The molecule has 1 saturated carbocycles. The van der Waals surface area contributed by atoms with Crippen molar-refractivity contribution in [2.24, 2.45) is 11.7 Å². The third kappa shape index (κ3) is 6.77. The van der Waals surface area contributed by atoms with E-state index in [4.69, 9.17) is 5.73 Å². The molecule has 0 unspecified atom stereocenters. The zero-order valence-electron chi connectivity index (χ0n) is 23.0. The Hall–Kier alpha value is -3.55. The average Bonchev–Trinajstić information content (AvgIpc) is 3.81. The normalized spacial score (nSPS) is 16.4. The van der Waals surface area contributed by atoms with Crippen LogP contribution < -0.4 is 16.4 Å². The summed E-state index contributed by atoms with van der Waals surface area (Å²) < 4.78 is 14.7. The molecule has 1 aliphatic carbocycles. The van der Waals surface area contributed by atoms with Crippen molar-refractivity contribution in [2.75, 3.05) is 31.5 Å². The Morgan fingerprint density at radius 1 is 0.900 bits per heavy atom. The van der Waals surface area contributed by atoms with Gasteiger partial charge in [-0.1, -0.05) is 60.7 Å². The maximum absolute atomic E-state index is 14.7. The van der Waals surface area contributed by atoms with Gasteiger partial charge in [0.1, 0.15) is 11.4 Å². The lowest BCUT2D eigenvalue weighted by Crippen LogP contribution is -2.52. The van der Waals surface area contributed by atoms with Crippen molar-refractivity contribution in [2.45, 2.75) is 50.0 Å². The van der Waals surface area contributed by atoms with Crippen molar-refractivity contribution in [3.05, 3.63) is 101 Å². The van der Waals surface area contributed by atoms with E-state index in [1.807, 2.05) is 66.7 Å². The average molecular weight is 543 g/mol. The molecule has 6 nitrogen and oxygen atoms in total. The predicted octanol–water partition coefficient (Wildman–Crippen LogP) is 5.15. The van der Waals surface area contributed by atoms with Crippen LogP contribution in [0.1, 0.15) is 61.1 Å². The van der Waals surface area contributed by atoms with Gasteiger partial charge in [-0.3, -0.25) is 9.59 Å². The summed E-state index contributed by atoms with van der Waals surface area (Å²) in [7, 11) is 0. The van der Waals surface area contributed by atoms with Gasteiger partial charge in [-0.15, -0.1) is 0 Å². The van der Waals surface area contributed by atoms with E-state index in [0.29, 0.717) is 30.1 Å². The van der Waals surface area contributed by atoms with Crippen LogP contribution in [-0.2, 0) is 15.1 Å².